The van der Waals surface area contributed by atoms with Crippen LogP contribution in [0.5, 0.6) is 11.5 Å². The fourth-order valence-electron chi connectivity index (χ4n) is 2.30. The number of aromatic hydroxyl groups is 2. The number of benzene rings is 1. The van der Waals surface area contributed by atoms with Crippen LogP contribution in [-0.2, 0) is 12.8 Å². The first-order chi connectivity index (χ1) is 7.58. The zero-order chi connectivity index (χ0) is 11.7. The minimum absolute atomic E-state index is 0. The highest BCUT2D eigenvalue weighted by atomic mass is 79.9. The number of fused-ring (bicyclic) bond motifs is 1. The van der Waals surface area contributed by atoms with Crippen molar-refractivity contribution in [2.24, 2.45) is 0 Å². The van der Waals surface area contributed by atoms with Crippen LogP contribution < -0.4 is 5.43 Å². The van der Waals surface area contributed by atoms with Gasteiger partial charge in [-0.2, -0.15) is 0 Å². The van der Waals surface area contributed by atoms with Crippen LogP contribution in [0.2, 0.25) is 0 Å². The molecule has 3 N–H and O–H groups in total. The molecule has 0 aliphatic heterocycles. The van der Waals surface area contributed by atoms with Crippen molar-refractivity contribution in [1.29, 1.82) is 0 Å². The van der Waals surface area contributed by atoms with Crippen molar-refractivity contribution < 1.29 is 10.2 Å². The molecular weight excluding hydrogens is 284 g/mol. The summed E-state index contributed by atoms with van der Waals surface area (Å²) in [5.41, 5.74) is 5.37. The van der Waals surface area contributed by atoms with Crippen molar-refractivity contribution in [2.45, 2.75) is 25.3 Å². The van der Waals surface area contributed by atoms with Crippen LogP contribution in [0.3, 0.4) is 0 Å². The molecular formula is C12H19BrN2O2. The normalized spacial score (nSPS) is 18.6. The second-order valence-electron chi connectivity index (χ2n) is 4.53. The third-order valence-electron chi connectivity index (χ3n) is 3.01. The van der Waals surface area contributed by atoms with Crippen molar-refractivity contribution in [3.05, 3.63) is 23.3 Å². The summed E-state index contributed by atoms with van der Waals surface area (Å²) in [6.07, 6.45) is 2.67. The molecule has 96 valence electrons. The van der Waals surface area contributed by atoms with Gasteiger partial charge in [0.05, 0.1) is 0 Å². The Morgan fingerprint density at radius 2 is 2.00 bits per heavy atom. The lowest BCUT2D eigenvalue weighted by Crippen LogP contribution is -2.42. The summed E-state index contributed by atoms with van der Waals surface area (Å²) in [5.74, 6) is 0.0403. The van der Waals surface area contributed by atoms with Gasteiger partial charge in [-0.1, -0.05) is 6.07 Å². The van der Waals surface area contributed by atoms with Crippen LogP contribution >= 0.6 is 17.0 Å². The maximum absolute atomic E-state index is 9.73. The van der Waals surface area contributed by atoms with E-state index < -0.39 is 0 Å². The van der Waals surface area contributed by atoms with E-state index in [1.54, 1.807) is 6.07 Å². The minimum atomic E-state index is -0.0160. The summed E-state index contributed by atoms with van der Waals surface area (Å²) >= 11 is 0. The predicted molar refractivity (Wildman–Crippen MR) is 72.7 cm³/mol. The molecule has 1 aliphatic carbocycles. The number of hydrazine groups is 1. The first-order valence-electron chi connectivity index (χ1n) is 5.54. The molecule has 1 unspecified atom stereocenters. The topological polar surface area (TPSA) is 55.7 Å². The van der Waals surface area contributed by atoms with E-state index in [0.717, 1.165) is 30.4 Å². The molecule has 0 amide bonds. The van der Waals surface area contributed by atoms with E-state index in [-0.39, 0.29) is 28.5 Å². The molecule has 0 spiro atoms. The average molecular weight is 303 g/mol. The standard InChI is InChI=1S/C12H18N2O2.BrH/c1-14(2)13-9-4-5-10-8(7-9)3-6-11(15)12(10)16;/h3,6,9,13,15-16H,4-5,7H2,1-2H3;1H. The Morgan fingerprint density at radius 3 is 2.65 bits per heavy atom. The molecule has 0 heterocycles. The van der Waals surface area contributed by atoms with E-state index in [9.17, 15) is 10.2 Å². The van der Waals surface area contributed by atoms with Gasteiger partial charge in [0.1, 0.15) is 0 Å². The van der Waals surface area contributed by atoms with Gasteiger partial charge in [-0.15, -0.1) is 17.0 Å². The number of nitrogens with zero attached hydrogens (tertiary/aromatic N) is 1. The first kappa shape index (κ1) is 14.3. The highest BCUT2D eigenvalue weighted by molar-refractivity contribution is 8.93. The number of halogens is 1. The quantitative estimate of drug-likeness (QED) is 0.574. The molecule has 17 heavy (non-hydrogen) atoms. The average Bonchev–Trinajstić information content (AvgIpc) is 2.23. The molecule has 5 heteroatoms. The monoisotopic (exact) mass is 302 g/mol. The van der Waals surface area contributed by atoms with Gasteiger partial charge in [0, 0.05) is 25.7 Å². The van der Waals surface area contributed by atoms with Crippen molar-refractivity contribution in [3.8, 4) is 11.5 Å². The molecule has 0 bridgehead atoms. The first-order valence-corrected chi connectivity index (χ1v) is 5.54. The van der Waals surface area contributed by atoms with Crippen LogP contribution in [0.4, 0.5) is 0 Å². The zero-order valence-corrected chi connectivity index (χ0v) is 11.8. The van der Waals surface area contributed by atoms with Gasteiger partial charge in [-0.25, -0.2) is 0 Å². The maximum atomic E-state index is 9.73. The summed E-state index contributed by atoms with van der Waals surface area (Å²) in [7, 11) is 3.95. The number of nitrogens with one attached hydrogen (secondary N) is 1. The molecule has 4 nitrogen and oxygen atoms in total. The Morgan fingerprint density at radius 1 is 1.29 bits per heavy atom. The van der Waals surface area contributed by atoms with Gasteiger partial charge >= 0.3 is 0 Å². The summed E-state index contributed by atoms with van der Waals surface area (Å²) < 4.78 is 0. The summed E-state index contributed by atoms with van der Waals surface area (Å²) in [6.45, 7) is 0. The SMILES string of the molecule is Br.CN(C)NC1CCc2c(ccc(O)c2O)C1. The third-order valence-corrected chi connectivity index (χ3v) is 3.01. The molecule has 0 fully saturated rings. The maximum Gasteiger partial charge on any atom is 0.160 e. The molecule has 0 aromatic heterocycles. The molecule has 0 saturated heterocycles. The van der Waals surface area contributed by atoms with Gasteiger partial charge in [-0.3, -0.25) is 10.4 Å². The number of rotatable bonds is 2. The molecule has 1 aliphatic rings. The fraction of sp³-hybridized carbons (Fsp3) is 0.500. The predicted octanol–water partition coefficient (Wildman–Crippen LogP) is 1.60. The zero-order valence-electron chi connectivity index (χ0n) is 10.1. The van der Waals surface area contributed by atoms with Crippen LogP contribution in [0.1, 0.15) is 17.5 Å². The molecule has 0 radical (unpaired) electrons. The summed E-state index contributed by atoms with van der Waals surface area (Å²) in [5, 5.41) is 21.1. The molecule has 0 saturated carbocycles. The second-order valence-corrected chi connectivity index (χ2v) is 4.53. The number of hydrogen-bond acceptors (Lipinski definition) is 4. The van der Waals surface area contributed by atoms with Crippen LogP contribution in [0.15, 0.2) is 12.1 Å². The van der Waals surface area contributed by atoms with Crippen LogP contribution in [0, 0.1) is 0 Å². The number of phenolic OH excluding ortho intramolecular Hbond substituents is 2. The van der Waals surface area contributed by atoms with Crippen LogP contribution in [0.25, 0.3) is 0 Å². The molecule has 1 aromatic carbocycles. The Balaban J connectivity index is 0.00000144. The Kier molecular flexibility index (Phi) is 4.80. The highest BCUT2D eigenvalue weighted by Gasteiger charge is 2.22. The Hall–Kier alpha value is -0.780. The molecule has 1 aromatic rings. The Bertz CT molecular complexity index is 396. The third kappa shape index (κ3) is 3.12. The lowest BCUT2D eigenvalue weighted by atomic mass is 9.88. The molecule has 2 rings (SSSR count). The van der Waals surface area contributed by atoms with Gasteiger partial charge in [0.25, 0.3) is 0 Å². The number of hydrogen-bond donors (Lipinski definition) is 3. The van der Waals surface area contributed by atoms with E-state index >= 15 is 0 Å². The van der Waals surface area contributed by atoms with Gasteiger partial charge in [-0.05, 0) is 30.9 Å². The minimum Gasteiger partial charge on any atom is -0.504 e. The summed E-state index contributed by atoms with van der Waals surface area (Å²) in [6, 6.07) is 3.87. The van der Waals surface area contributed by atoms with E-state index in [0.29, 0.717) is 6.04 Å². The molecule has 1 atom stereocenters. The summed E-state index contributed by atoms with van der Waals surface area (Å²) in [4.78, 5) is 0. The van der Waals surface area contributed by atoms with Crippen molar-refractivity contribution in [3.63, 3.8) is 0 Å². The fourth-order valence-corrected chi connectivity index (χ4v) is 2.30. The van der Waals surface area contributed by atoms with Crippen molar-refractivity contribution >= 4 is 17.0 Å². The lowest BCUT2D eigenvalue weighted by molar-refractivity contribution is 0.227. The Labute approximate surface area is 112 Å². The van der Waals surface area contributed by atoms with E-state index in [4.69, 9.17) is 0 Å². The van der Waals surface area contributed by atoms with Gasteiger partial charge in [0.15, 0.2) is 11.5 Å². The van der Waals surface area contributed by atoms with E-state index in [1.807, 2.05) is 25.2 Å². The number of phenols is 2. The van der Waals surface area contributed by atoms with E-state index in [2.05, 4.69) is 5.43 Å². The highest BCUT2D eigenvalue weighted by Crippen LogP contribution is 2.35. The van der Waals surface area contributed by atoms with Crippen molar-refractivity contribution in [2.75, 3.05) is 14.1 Å². The smallest absolute Gasteiger partial charge is 0.160 e. The van der Waals surface area contributed by atoms with E-state index in [1.165, 1.54) is 0 Å². The largest absolute Gasteiger partial charge is 0.504 e. The van der Waals surface area contributed by atoms with Crippen LogP contribution in [-0.4, -0.2) is 35.4 Å². The van der Waals surface area contributed by atoms with Gasteiger partial charge in [0.2, 0.25) is 0 Å². The second kappa shape index (κ2) is 5.71. The van der Waals surface area contributed by atoms with Gasteiger partial charge < -0.3 is 10.2 Å². The lowest BCUT2D eigenvalue weighted by Gasteiger charge is -2.28. The van der Waals surface area contributed by atoms with Crippen molar-refractivity contribution in [1.82, 2.24) is 10.4 Å².